The maximum Gasteiger partial charge on any atom is 0.229 e. The van der Waals surface area contributed by atoms with Gasteiger partial charge in [-0.2, -0.15) is 0 Å². The summed E-state index contributed by atoms with van der Waals surface area (Å²) >= 11 is 7.53. The lowest BCUT2D eigenvalue weighted by Crippen LogP contribution is -2.15. The third-order valence-corrected chi connectivity index (χ3v) is 5.12. The van der Waals surface area contributed by atoms with Gasteiger partial charge in [0.05, 0.1) is 17.1 Å². The lowest BCUT2D eigenvalue weighted by Gasteiger charge is -2.09. The smallest absolute Gasteiger partial charge is 0.229 e. The highest BCUT2D eigenvalue weighted by Gasteiger charge is 2.15. The van der Waals surface area contributed by atoms with Gasteiger partial charge in [0.25, 0.3) is 0 Å². The summed E-state index contributed by atoms with van der Waals surface area (Å²) in [5.41, 5.74) is 4.87. The molecule has 0 atom stereocenters. The summed E-state index contributed by atoms with van der Waals surface area (Å²) in [4.78, 5) is 18.1. The number of nitrogens with zero attached hydrogens (tertiary/aromatic N) is 1. The highest BCUT2D eigenvalue weighted by Crippen LogP contribution is 2.29. The van der Waals surface area contributed by atoms with E-state index in [1.54, 1.807) is 17.4 Å². The maximum absolute atomic E-state index is 12.5. The Hall–Kier alpha value is -2.17. The minimum absolute atomic E-state index is 0.0533. The first-order valence-corrected chi connectivity index (χ1v) is 9.21. The number of hydrogen-bond acceptors (Lipinski definition) is 3. The van der Waals surface area contributed by atoms with Gasteiger partial charge in [-0.25, -0.2) is 4.98 Å². The summed E-state index contributed by atoms with van der Waals surface area (Å²) in [7, 11) is 0. The van der Waals surface area contributed by atoms with Crippen LogP contribution < -0.4 is 5.32 Å². The number of benzene rings is 2. The Morgan fingerprint density at radius 2 is 1.84 bits per heavy atom. The number of rotatable bonds is 4. The van der Waals surface area contributed by atoms with Crippen molar-refractivity contribution in [1.29, 1.82) is 0 Å². The van der Waals surface area contributed by atoms with Gasteiger partial charge in [-0.15, -0.1) is 11.3 Å². The Kier molecular flexibility index (Phi) is 5.21. The average Bonchev–Trinajstić information content (AvgIpc) is 2.91. The molecule has 3 nitrogen and oxygen atoms in total. The van der Waals surface area contributed by atoms with Gasteiger partial charge in [0.2, 0.25) is 5.91 Å². The number of aromatic nitrogens is 1. The van der Waals surface area contributed by atoms with Crippen LogP contribution in [0.25, 0.3) is 11.3 Å². The van der Waals surface area contributed by atoms with Gasteiger partial charge in [-0.3, -0.25) is 4.79 Å². The summed E-state index contributed by atoms with van der Waals surface area (Å²) in [5, 5.41) is 4.59. The number of halogens is 1. The summed E-state index contributed by atoms with van der Waals surface area (Å²) < 4.78 is 0. The Bertz CT molecular complexity index is 916. The van der Waals surface area contributed by atoms with Gasteiger partial charge in [-0.05, 0) is 44.5 Å². The number of nitrogens with one attached hydrogen (secondary N) is 1. The number of aryl methyl sites for hydroxylation is 3. The van der Waals surface area contributed by atoms with Crippen molar-refractivity contribution >= 4 is 34.5 Å². The number of carbonyl (C=O) groups is 1. The molecule has 0 radical (unpaired) electrons. The molecule has 25 heavy (non-hydrogen) atoms. The van der Waals surface area contributed by atoms with Crippen molar-refractivity contribution in [3.05, 3.63) is 68.5 Å². The first-order valence-electron chi connectivity index (χ1n) is 8.02. The van der Waals surface area contributed by atoms with Crippen LogP contribution in [0.2, 0.25) is 5.02 Å². The highest BCUT2D eigenvalue weighted by molar-refractivity contribution is 7.12. The zero-order chi connectivity index (χ0) is 18.0. The molecule has 1 N–H and O–H groups in total. The molecule has 1 heterocycles. The van der Waals surface area contributed by atoms with E-state index in [2.05, 4.69) is 41.5 Å². The van der Waals surface area contributed by atoms with Gasteiger partial charge in [0.1, 0.15) is 0 Å². The third-order valence-electron chi connectivity index (χ3n) is 3.91. The van der Waals surface area contributed by atoms with E-state index in [0.717, 1.165) is 32.4 Å². The second-order valence-corrected chi connectivity index (χ2v) is 7.78. The molecule has 1 amide bonds. The Morgan fingerprint density at radius 3 is 2.52 bits per heavy atom. The van der Waals surface area contributed by atoms with E-state index in [1.807, 2.05) is 26.0 Å². The molecule has 0 bridgehead atoms. The third kappa shape index (κ3) is 4.27. The Morgan fingerprint density at radius 1 is 1.12 bits per heavy atom. The molecular formula is C20H19ClN2OS. The molecule has 0 aliphatic heterocycles. The fraction of sp³-hybridized carbons (Fsp3) is 0.200. The van der Waals surface area contributed by atoms with E-state index in [4.69, 9.17) is 11.6 Å². The average molecular weight is 371 g/mol. The lowest BCUT2D eigenvalue weighted by molar-refractivity contribution is -0.115. The fourth-order valence-electron chi connectivity index (χ4n) is 2.63. The molecule has 0 aliphatic carbocycles. The second-order valence-electron chi connectivity index (χ2n) is 6.05. The van der Waals surface area contributed by atoms with Crippen molar-refractivity contribution in [1.82, 2.24) is 4.98 Å². The first kappa shape index (κ1) is 17.6. The Labute approximate surface area is 156 Å². The SMILES string of the molecule is Cc1ccc(-c2nc(C)sc2CC(=O)Nc2ccc(Cl)cc2C)cc1. The van der Waals surface area contributed by atoms with Crippen LogP contribution in [0.1, 0.15) is 21.0 Å². The van der Waals surface area contributed by atoms with Crippen LogP contribution in [0, 0.1) is 20.8 Å². The lowest BCUT2D eigenvalue weighted by atomic mass is 10.1. The molecule has 0 fully saturated rings. The molecule has 0 spiro atoms. The number of hydrogen-bond donors (Lipinski definition) is 1. The van der Waals surface area contributed by atoms with Crippen LogP contribution in [0.3, 0.4) is 0 Å². The van der Waals surface area contributed by atoms with Gasteiger partial charge in [0, 0.05) is 21.2 Å². The van der Waals surface area contributed by atoms with Crippen LogP contribution in [0.15, 0.2) is 42.5 Å². The minimum Gasteiger partial charge on any atom is -0.326 e. The molecule has 0 saturated carbocycles. The normalized spacial score (nSPS) is 10.7. The van der Waals surface area contributed by atoms with Crippen molar-refractivity contribution in [2.24, 2.45) is 0 Å². The Balaban J connectivity index is 1.81. The predicted molar refractivity (Wildman–Crippen MR) is 106 cm³/mol. The highest BCUT2D eigenvalue weighted by atomic mass is 35.5. The van der Waals surface area contributed by atoms with Crippen molar-refractivity contribution < 1.29 is 4.79 Å². The first-order chi connectivity index (χ1) is 11.9. The van der Waals surface area contributed by atoms with E-state index in [9.17, 15) is 4.79 Å². The standard InChI is InChI=1S/C20H19ClN2OS/c1-12-4-6-15(7-5-12)20-18(25-14(3)22-20)11-19(24)23-17-9-8-16(21)10-13(17)2/h4-10H,11H2,1-3H3,(H,23,24). The van der Waals surface area contributed by atoms with Crippen molar-refractivity contribution in [3.63, 3.8) is 0 Å². The molecule has 2 aromatic carbocycles. The zero-order valence-electron chi connectivity index (χ0n) is 14.4. The van der Waals surface area contributed by atoms with Crippen molar-refractivity contribution in [2.75, 3.05) is 5.32 Å². The van der Waals surface area contributed by atoms with E-state index in [1.165, 1.54) is 5.56 Å². The van der Waals surface area contributed by atoms with Crippen LogP contribution >= 0.6 is 22.9 Å². The number of amides is 1. The molecule has 128 valence electrons. The summed E-state index contributed by atoms with van der Waals surface area (Å²) in [5.74, 6) is -0.0533. The van der Waals surface area contributed by atoms with E-state index < -0.39 is 0 Å². The van der Waals surface area contributed by atoms with Crippen LogP contribution in [0.5, 0.6) is 0 Å². The molecule has 0 unspecified atom stereocenters. The fourth-order valence-corrected chi connectivity index (χ4v) is 3.82. The predicted octanol–water partition coefficient (Wildman–Crippen LogP) is 5.57. The summed E-state index contributed by atoms with van der Waals surface area (Å²) in [6, 6.07) is 13.7. The van der Waals surface area contributed by atoms with Crippen LogP contribution in [-0.2, 0) is 11.2 Å². The van der Waals surface area contributed by atoms with E-state index >= 15 is 0 Å². The van der Waals surface area contributed by atoms with Crippen LogP contribution in [0.4, 0.5) is 5.69 Å². The van der Waals surface area contributed by atoms with E-state index in [-0.39, 0.29) is 5.91 Å². The van der Waals surface area contributed by atoms with Gasteiger partial charge >= 0.3 is 0 Å². The zero-order valence-corrected chi connectivity index (χ0v) is 16.0. The molecule has 0 aliphatic rings. The number of carbonyl (C=O) groups excluding carboxylic acids is 1. The van der Waals surface area contributed by atoms with Gasteiger partial charge in [-0.1, -0.05) is 41.4 Å². The molecule has 3 aromatic rings. The molecule has 5 heteroatoms. The number of anilines is 1. The molecule has 1 aromatic heterocycles. The molecule has 3 rings (SSSR count). The van der Waals surface area contributed by atoms with Crippen LogP contribution in [-0.4, -0.2) is 10.9 Å². The van der Waals surface area contributed by atoms with E-state index in [0.29, 0.717) is 11.4 Å². The quantitative estimate of drug-likeness (QED) is 0.652. The van der Waals surface area contributed by atoms with Gasteiger partial charge in [0.15, 0.2) is 0 Å². The topological polar surface area (TPSA) is 42.0 Å². The monoisotopic (exact) mass is 370 g/mol. The summed E-state index contributed by atoms with van der Waals surface area (Å²) in [6.45, 7) is 5.95. The maximum atomic E-state index is 12.5. The summed E-state index contributed by atoms with van der Waals surface area (Å²) in [6.07, 6.45) is 0.302. The second kappa shape index (κ2) is 7.38. The minimum atomic E-state index is -0.0533. The van der Waals surface area contributed by atoms with Crippen molar-refractivity contribution in [2.45, 2.75) is 27.2 Å². The molecule has 0 saturated heterocycles. The molecular weight excluding hydrogens is 352 g/mol. The van der Waals surface area contributed by atoms with Crippen molar-refractivity contribution in [3.8, 4) is 11.3 Å². The largest absolute Gasteiger partial charge is 0.326 e. The number of thiazole rings is 1. The van der Waals surface area contributed by atoms with Gasteiger partial charge < -0.3 is 5.32 Å².